The number of hydrogen-bond donors (Lipinski definition) is 0. The Balaban J connectivity index is 0.766. The summed E-state index contributed by atoms with van der Waals surface area (Å²) in [4.78, 5) is 9.32. The van der Waals surface area contributed by atoms with Crippen LogP contribution in [0.5, 0.6) is 0 Å². The van der Waals surface area contributed by atoms with Gasteiger partial charge in [-0.1, -0.05) is 184 Å². The first-order valence-corrected chi connectivity index (χ1v) is 27.2. The van der Waals surface area contributed by atoms with Crippen molar-refractivity contribution in [3.63, 3.8) is 0 Å². The number of para-hydroxylation sites is 5. The van der Waals surface area contributed by atoms with Gasteiger partial charge in [0, 0.05) is 73.7 Å². The lowest BCUT2D eigenvalue weighted by Crippen LogP contribution is -2.16. The van der Waals surface area contributed by atoms with Crippen LogP contribution in [0, 0.1) is 0 Å². The Labute approximate surface area is 464 Å². The molecule has 4 heteroatoms. The molecule has 0 N–H and O–H groups in total. The summed E-state index contributed by atoms with van der Waals surface area (Å²) in [6.45, 7) is 4.69. The van der Waals surface area contributed by atoms with Crippen molar-refractivity contribution in [3.8, 4) is 33.4 Å². The van der Waals surface area contributed by atoms with E-state index in [0.29, 0.717) is 0 Å². The first kappa shape index (κ1) is 48.5. The second-order valence-corrected chi connectivity index (χ2v) is 20.6. The third-order valence-corrected chi connectivity index (χ3v) is 15.4. The van der Waals surface area contributed by atoms with Crippen LogP contribution < -0.4 is 19.6 Å². The number of anilines is 12. The van der Waals surface area contributed by atoms with Crippen molar-refractivity contribution in [1.29, 1.82) is 0 Å². The van der Waals surface area contributed by atoms with Gasteiger partial charge in [-0.05, 0) is 190 Å². The predicted molar refractivity (Wildman–Crippen MR) is 334 cm³/mol. The van der Waals surface area contributed by atoms with Gasteiger partial charge in [-0.25, -0.2) is 0 Å². The molecule has 1 aliphatic rings. The summed E-state index contributed by atoms with van der Waals surface area (Å²) >= 11 is 0. The molecule has 12 aromatic carbocycles. The maximum Gasteiger partial charge on any atom is 0.0465 e. The Hall–Kier alpha value is -10.2. The third kappa shape index (κ3) is 9.51. The smallest absolute Gasteiger partial charge is 0.0465 e. The molecule has 0 atom stereocenters. The second-order valence-electron chi connectivity index (χ2n) is 20.6. The summed E-state index contributed by atoms with van der Waals surface area (Å²) in [7, 11) is 0. The van der Waals surface area contributed by atoms with Gasteiger partial charge in [0.05, 0.1) is 0 Å². The highest BCUT2D eigenvalue weighted by molar-refractivity contribution is 5.87. The Bertz CT molecular complexity index is 3940. The van der Waals surface area contributed by atoms with Crippen molar-refractivity contribution in [2.24, 2.45) is 0 Å². The summed E-state index contributed by atoms with van der Waals surface area (Å²) in [6.07, 6.45) is 0. The fourth-order valence-corrected chi connectivity index (χ4v) is 11.5. The van der Waals surface area contributed by atoms with E-state index in [-0.39, 0.29) is 5.41 Å². The van der Waals surface area contributed by atoms with Crippen molar-refractivity contribution < 1.29 is 0 Å². The van der Waals surface area contributed by atoms with E-state index in [1.165, 1.54) is 22.3 Å². The van der Waals surface area contributed by atoms with E-state index >= 15 is 0 Å². The molecule has 0 heterocycles. The van der Waals surface area contributed by atoms with Gasteiger partial charge < -0.3 is 19.6 Å². The summed E-state index contributed by atoms with van der Waals surface area (Å²) in [5.74, 6) is 0. The van der Waals surface area contributed by atoms with Gasteiger partial charge in [-0.15, -0.1) is 0 Å². The zero-order valence-electron chi connectivity index (χ0n) is 44.3. The van der Waals surface area contributed by atoms with Crippen LogP contribution in [-0.2, 0) is 5.41 Å². The largest absolute Gasteiger partial charge is 0.311 e. The van der Waals surface area contributed by atoms with Crippen molar-refractivity contribution >= 4 is 68.2 Å². The van der Waals surface area contributed by atoms with Crippen molar-refractivity contribution in [2.75, 3.05) is 19.6 Å². The van der Waals surface area contributed by atoms with Crippen LogP contribution in [0.2, 0.25) is 0 Å². The van der Waals surface area contributed by atoms with E-state index < -0.39 is 0 Å². The molecule has 0 aromatic heterocycles. The average Bonchev–Trinajstić information content (AvgIpc) is 4.04. The topological polar surface area (TPSA) is 13.0 Å². The molecule has 0 aliphatic heterocycles. The van der Waals surface area contributed by atoms with E-state index in [1.807, 2.05) is 0 Å². The normalized spacial score (nSPS) is 12.0. The molecule has 0 fully saturated rings. The third-order valence-electron chi connectivity index (χ3n) is 15.4. The molecule has 4 nitrogen and oxygen atoms in total. The molecule has 0 spiro atoms. The van der Waals surface area contributed by atoms with E-state index in [1.54, 1.807) is 0 Å². The molecule has 0 saturated carbocycles. The van der Waals surface area contributed by atoms with Gasteiger partial charge in [0.2, 0.25) is 0 Å². The molecular formula is C75H58N4. The average molecular weight is 1020 g/mol. The number of nitrogens with zero attached hydrogens (tertiary/aromatic N) is 4. The number of hydrogen-bond acceptors (Lipinski definition) is 4. The maximum atomic E-state index is 2.40. The number of benzene rings is 12. The van der Waals surface area contributed by atoms with Crippen LogP contribution in [-0.4, -0.2) is 0 Å². The van der Waals surface area contributed by atoms with Crippen LogP contribution >= 0.6 is 0 Å². The summed E-state index contributed by atoms with van der Waals surface area (Å²) in [5.41, 5.74) is 23.1. The SMILES string of the molecule is CC1(C)c2ccccc2-c2ccc(N(c3ccccc3)c3ccc(-c4ccc(N(c5ccccc5)c5ccc(N(c6ccccc6)c6ccc(-c7ccc(N(c8ccccc8)c8ccccc8)cc7)cc6)cc5)cc4)cc3)cc21. The van der Waals surface area contributed by atoms with Gasteiger partial charge in [0.15, 0.2) is 0 Å². The Kier molecular flexibility index (Phi) is 13.0. The van der Waals surface area contributed by atoms with Crippen LogP contribution in [0.15, 0.2) is 315 Å². The van der Waals surface area contributed by atoms with E-state index in [9.17, 15) is 0 Å². The molecule has 13 rings (SSSR count). The molecular weight excluding hydrogens is 957 g/mol. The zero-order chi connectivity index (χ0) is 53.1. The van der Waals surface area contributed by atoms with E-state index in [2.05, 4.69) is 349 Å². The lowest BCUT2D eigenvalue weighted by Gasteiger charge is -2.28. The Morgan fingerprint density at radius 3 is 0.709 bits per heavy atom. The van der Waals surface area contributed by atoms with E-state index in [4.69, 9.17) is 0 Å². The fourth-order valence-electron chi connectivity index (χ4n) is 11.5. The standard InChI is InChI=1S/C75H58N4/c1-75(2)73-31-19-18-30-71(73)72-53-52-70(54-74(72)75)79(63-28-16-7-17-29-63)67-46-38-58(39-47-67)57-36-44-66(45-37-57)78(62-26-14-6-15-27-62)69-50-48-68(49-51-69)77(61-24-12-5-13-25-61)65-42-34-56(35-43-65)55-32-40-64(41-33-55)76(59-20-8-3-9-21-59)60-22-10-4-11-23-60/h3-54H,1-2H3. The van der Waals surface area contributed by atoms with Crippen molar-refractivity contribution in [2.45, 2.75) is 19.3 Å². The highest BCUT2D eigenvalue weighted by atomic mass is 15.2. The minimum atomic E-state index is -0.0927. The molecule has 79 heavy (non-hydrogen) atoms. The Morgan fingerprint density at radius 2 is 0.405 bits per heavy atom. The summed E-state index contributed by atoms with van der Waals surface area (Å²) in [6, 6.07) is 113. The number of rotatable bonds is 14. The molecule has 0 saturated heterocycles. The molecule has 378 valence electrons. The lowest BCUT2D eigenvalue weighted by atomic mass is 9.82. The van der Waals surface area contributed by atoms with Gasteiger partial charge >= 0.3 is 0 Å². The predicted octanol–water partition coefficient (Wildman–Crippen LogP) is 21.2. The van der Waals surface area contributed by atoms with E-state index in [0.717, 1.165) is 90.5 Å². The molecule has 0 amide bonds. The van der Waals surface area contributed by atoms with Crippen LogP contribution in [0.4, 0.5) is 68.2 Å². The van der Waals surface area contributed by atoms with Crippen LogP contribution in [0.25, 0.3) is 33.4 Å². The molecule has 0 radical (unpaired) electrons. The van der Waals surface area contributed by atoms with Gasteiger partial charge in [0.25, 0.3) is 0 Å². The molecule has 1 aliphatic carbocycles. The maximum absolute atomic E-state index is 2.40. The molecule has 0 unspecified atom stereocenters. The first-order chi connectivity index (χ1) is 38.9. The van der Waals surface area contributed by atoms with Gasteiger partial charge in [-0.3, -0.25) is 0 Å². The summed E-state index contributed by atoms with van der Waals surface area (Å²) in [5, 5.41) is 0. The van der Waals surface area contributed by atoms with Crippen molar-refractivity contribution in [1.82, 2.24) is 0 Å². The quantitative estimate of drug-likeness (QED) is 0.108. The zero-order valence-corrected chi connectivity index (χ0v) is 44.3. The Morgan fingerprint density at radius 1 is 0.190 bits per heavy atom. The van der Waals surface area contributed by atoms with Crippen LogP contribution in [0.3, 0.4) is 0 Å². The lowest BCUT2D eigenvalue weighted by molar-refractivity contribution is 0.660. The highest BCUT2D eigenvalue weighted by Crippen LogP contribution is 2.51. The van der Waals surface area contributed by atoms with Crippen molar-refractivity contribution in [3.05, 3.63) is 327 Å². The van der Waals surface area contributed by atoms with Gasteiger partial charge in [0.1, 0.15) is 0 Å². The molecule has 0 bridgehead atoms. The first-order valence-electron chi connectivity index (χ1n) is 27.2. The minimum absolute atomic E-state index is 0.0927. The van der Waals surface area contributed by atoms with Gasteiger partial charge in [-0.2, -0.15) is 0 Å². The molecule has 12 aromatic rings. The minimum Gasteiger partial charge on any atom is -0.311 e. The summed E-state index contributed by atoms with van der Waals surface area (Å²) < 4.78 is 0. The highest BCUT2D eigenvalue weighted by Gasteiger charge is 2.35. The monoisotopic (exact) mass is 1010 g/mol. The second kappa shape index (κ2) is 21.1. The van der Waals surface area contributed by atoms with Crippen LogP contribution in [0.1, 0.15) is 25.0 Å². The number of fused-ring (bicyclic) bond motifs is 3. The fraction of sp³-hybridized carbons (Fsp3) is 0.0400.